The molecule has 79 heavy (non-hydrogen) atoms. The van der Waals surface area contributed by atoms with Crippen LogP contribution >= 0.6 is 35.3 Å². The average Bonchev–Trinajstić information content (AvgIpc) is 3.46. The van der Waals surface area contributed by atoms with Gasteiger partial charge in [-0.05, 0) is 67.1 Å². The number of aryl methyl sites for hydroxylation is 1. The highest BCUT2D eigenvalue weighted by molar-refractivity contribution is 8.03. The third kappa shape index (κ3) is 57.1. The largest absolute Gasteiger partial charge is 0.125 e. The van der Waals surface area contributed by atoms with E-state index in [9.17, 15) is 0 Å². The summed E-state index contributed by atoms with van der Waals surface area (Å²) in [6.07, 6.45) is 90.8. The van der Waals surface area contributed by atoms with Crippen LogP contribution in [-0.4, -0.2) is 17.3 Å². The molecule has 0 spiro atoms. The fourth-order valence-electron chi connectivity index (χ4n) is 12.1. The maximum absolute atomic E-state index is 4.23. The predicted molar refractivity (Wildman–Crippen MR) is 371 cm³/mol. The lowest BCUT2D eigenvalue weighted by atomic mass is 10.0. The Hall–Kier alpha value is 0.270. The number of unbranched alkanes of at least 4 members (excludes halogenated alkanes) is 58. The number of benzene rings is 1. The zero-order chi connectivity index (χ0) is 56.5. The molecule has 467 valence electrons. The van der Waals surface area contributed by atoms with Gasteiger partial charge in [0.2, 0.25) is 0 Å². The molecule has 0 amide bonds. The Labute approximate surface area is 513 Å². The summed E-state index contributed by atoms with van der Waals surface area (Å²) in [5.74, 6) is 3.86. The topological polar surface area (TPSA) is 0 Å². The van der Waals surface area contributed by atoms with Crippen molar-refractivity contribution in [2.45, 2.75) is 440 Å². The van der Waals surface area contributed by atoms with Gasteiger partial charge in [0.05, 0.1) is 0 Å². The molecule has 0 saturated heterocycles. The summed E-state index contributed by atoms with van der Waals surface area (Å²) in [4.78, 5) is 4.87. The van der Waals surface area contributed by atoms with E-state index >= 15 is 0 Å². The van der Waals surface area contributed by atoms with Gasteiger partial charge in [-0.3, -0.25) is 0 Å². The first kappa shape index (κ1) is 77.3. The SMILES string of the molecule is [CH2]CCCc1cc(SCCCCCCCCCCCCCCCCCCCCCC)c(SCCCCCCCCCCCCCCCCCCCCCC)c(SCCCCCCCCCCCCCCCCCCCCCC)c1. The van der Waals surface area contributed by atoms with Gasteiger partial charge in [0.15, 0.2) is 0 Å². The first-order chi connectivity index (χ1) is 39.3. The van der Waals surface area contributed by atoms with Crippen LogP contribution in [0.25, 0.3) is 0 Å². The third-order valence-electron chi connectivity index (χ3n) is 17.6. The van der Waals surface area contributed by atoms with Crippen LogP contribution in [0, 0.1) is 6.92 Å². The van der Waals surface area contributed by atoms with Crippen molar-refractivity contribution in [2.75, 3.05) is 17.3 Å². The van der Waals surface area contributed by atoms with Crippen molar-refractivity contribution in [2.24, 2.45) is 0 Å². The summed E-state index contributed by atoms with van der Waals surface area (Å²) in [6, 6.07) is 5.25. The Balaban J connectivity index is 2.43. The van der Waals surface area contributed by atoms with E-state index < -0.39 is 0 Å². The molecular formula is C76H145S3. The monoisotopic (exact) mass is 1150 g/mol. The van der Waals surface area contributed by atoms with Gasteiger partial charge in [-0.15, -0.1) is 35.3 Å². The highest BCUT2D eigenvalue weighted by atomic mass is 32.2. The van der Waals surface area contributed by atoms with Crippen LogP contribution in [0.5, 0.6) is 0 Å². The maximum atomic E-state index is 4.23. The number of thioether (sulfide) groups is 3. The van der Waals surface area contributed by atoms with Gasteiger partial charge in [-0.25, -0.2) is 0 Å². The minimum atomic E-state index is 1.04. The van der Waals surface area contributed by atoms with Crippen LogP contribution in [0.3, 0.4) is 0 Å². The van der Waals surface area contributed by atoms with Gasteiger partial charge < -0.3 is 0 Å². The molecule has 0 unspecified atom stereocenters. The van der Waals surface area contributed by atoms with E-state index in [1.54, 1.807) is 20.2 Å². The highest BCUT2D eigenvalue weighted by Gasteiger charge is 2.14. The number of rotatable bonds is 69. The first-order valence-corrected chi connectivity index (χ1v) is 40.1. The molecular weight excluding hydrogens is 1010 g/mol. The molecule has 0 bridgehead atoms. The fourth-order valence-corrected chi connectivity index (χ4v) is 15.9. The summed E-state index contributed by atoms with van der Waals surface area (Å²) in [5.41, 5.74) is 1.57. The van der Waals surface area contributed by atoms with Crippen LogP contribution in [0.4, 0.5) is 0 Å². The quantitative estimate of drug-likeness (QED) is 0.0471. The van der Waals surface area contributed by atoms with Gasteiger partial charge in [0.25, 0.3) is 0 Å². The summed E-state index contributed by atoms with van der Waals surface area (Å²) < 4.78 is 0. The smallest absolute Gasteiger partial charge is 0.0344 e. The minimum Gasteiger partial charge on any atom is -0.125 e. The van der Waals surface area contributed by atoms with E-state index in [2.05, 4.69) is 75.1 Å². The van der Waals surface area contributed by atoms with Crippen molar-refractivity contribution in [1.82, 2.24) is 0 Å². The van der Waals surface area contributed by atoms with Crippen molar-refractivity contribution in [3.63, 3.8) is 0 Å². The molecule has 1 radical (unpaired) electrons. The van der Waals surface area contributed by atoms with Gasteiger partial charge in [0.1, 0.15) is 0 Å². The molecule has 0 nitrogen and oxygen atoms in total. The molecule has 0 saturated carbocycles. The molecule has 0 fully saturated rings. The fraction of sp³-hybridized carbons (Fsp3) is 0.908. The molecule has 0 atom stereocenters. The van der Waals surface area contributed by atoms with Gasteiger partial charge in [-0.1, -0.05) is 400 Å². The maximum Gasteiger partial charge on any atom is 0.0344 e. The van der Waals surface area contributed by atoms with Crippen LogP contribution in [-0.2, 0) is 6.42 Å². The zero-order valence-corrected chi connectivity index (χ0v) is 57.2. The van der Waals surface area contributed by atoms with Crippen LogP contribution in [0.2, 0.25) is 0 Å². The molecule has 1 aromatic carbocycles. The van der Waals surface area contributed by atoms with E-state index in [1.807, 2.05) is 0 Å². The van der Waals surface area contributed by atoms with Crippen LogP contribution in [0.15, 0.2) is 26.8 Å². The van der Waals surface area contributed by atoms with E-state index in [-0.39, 0.29) is 0 Å². The van der Waals surface area contributed by atoms with Gasteiger partial charge in [-0.2, -0.15) is 0 Å². The summed E-state index contributed by atoms with van der Waals surface area (Å²) in [7, 11) is 0. The molecule has 0 aromatic heterocycles. The lowest BCUT2D eigenvalue weighted by molar-refractivity contribution is 0.523. The summed E-state index contributed by atoms with van der Waals surface area (Å²) in [6.45, 7) is 11.2. The Morgan fingerprint density at radius 3 is 0.595 bits per heavy atom. The number of hydrogen-bond donors (Lipinski definition) is 0. The molecule has 1 rings (SSSR count). The molecule has 3 heteroatoms. The van der Waals surface area contributed by atoms with E-state index in [0.717, 1.165) is 6.42 Å². The van der Waals surface area contributed by atoms with Crippen molar-refractivity contribution >= 4 is 35.3 Å². The molecule has 0 N–H and O–H groups in total. The first-order valence-electron chi connectivity index (χ1n) is 37.1. The van der Waals surface area contributed by atoms with E-state index in [0.29, 0.717) is 0 Å². The highest BCUT2D eigenvalue weighted by Crippen LogP contribution is 2.41. The second-order valence-electron chi connectivity index (χ2n) is 25.6. The van der Waals surface area contributed by atoms with Crippen molar-refractivity contribution in [3.05, 3.63) is 24.6 Å². The average molecular weight is 1160 g/mol. The normalized spacial score (nSPS) is 11.7. The summed E-state index contributed by atoms with van der Waals surface area (Å²) >= 11 is 6.64. The van der Waals surface area contributed by atoms with Crippen molar-refractivity contribution < 1.29 is 0 Å². The number of hydrogen-bond acceptors (Lipinski definition) is 3. The Bertz CT molecular complexity index is 1210. The van der Waals surface area contributed by atoms with Crippen molar-refractivity contribution in [1.29, 1.82) is 0 Å². The Morgan fingerprint density at radius 1 is 0.228 bits per heavy atom. The Kier molecular flexibility index (Phi) is 65.9. The standard InChI is InChI=1S/C76H145S3/c1-5-9-13-16-19-22-25-28-31-34-37-40-43-46-49-52-55-58-61-64-68-77-74-71-73(67-12-8-4)72-75(78-69-65-62-59-56-53-50-47-44-41-38-35-32-29-26-23-20-17-14-10-6-2)76(74)79-70-66-63-60-57-54-51-48-45-42-39-36-33-30-27-24-21-18-15-11-7-3/h71-72H,4-70H2,1-3H3. The minimum absolute atomic E-state index is 1.04. The molecule has 0 aliphatic carbocycles. The zero-order valence-electron chi connectivity index (χ0n) is 54.8. The van der Waals surface area contributed by atoms with Gasteiger partial charge in [0, 0.05) is 14.7 Å². The molecule has 0 heterocycles. The lowest BCUT2D eigenvalue weighted by Gasteiger charge is -2.17. The van der Waals surface area contributed by atoms with Gasteiger partial charge >= 0.3 is 0 Å². The Morgan fingerprint density at radius 2 is 0.405 bits per heavy atom. The van der Waals surface area contributed by atoms with E-state index in [4.69, 9.17) is 0 Å². The van der Waals surface area contributed by atoms with Crippen LogP contribution in [0.1, 0.15) is 424 Å². The second kappa shape index (κ2) is 67.4. The predicted octanol–water partition coefficient (Wildman–Crippen LogP) is 29.6. The molecule has 0 aliphatic heterocycles. The second-order valence-corrected chi connectivity index (χ2v) is 29.0. The van der Waals surface area contributed by atoms with Crippen molar-refractivity contribution in [3.8, 4) is 0 Å². The summed E-state index contributed by atoms with van der Waals surface area (Å²) in [5, 5.41) is 0. The lowest BCUT2D eigenvalue weighted by Crippen LogP contribution is -1.95. The van der Waals surface area contributed by atoms with E-state index in [1.165, 1.54) is 415 Å². The molecule has 0 aliphatic rings. The van der Waals surface area contributed by atoms with Crippen LogP contribution < -0.4 is 0 Å². The third-order valence-corrected chi connectivity index (χ3v) is 21.3. The molecule has 1 aromatic rings.